The minimum Gasteiger partial charge on any atom is -0.493 e. The van der Waals surface area contributed by atoms with Gasteiger partial charge in [0.2, 0.25) is 0 Å². The number of methoxy groups -OCH3 is 1. The Bertz CT molecular complexity index is 1420. The molecule has 0 bridgehead atoms. The Labute approximate surface area is 234 Å². The van der Waals surface area contributed by atoms with E-state index in [1.807, 2.05) is 22.8 Å². The number of ether oxygens (including phenoxy) is 4. The molecular weight excluding hydrogens is 510 g/mol. The molecule has 0 radical (unpaired) electrons. The molecular formula is C32H37NO7. The number of pyridine rings is 1. The average molecular weight is 548 g/mol. The van der Waals surface area contributed by atoms with E-state index in [0.717, 1.165) is 16.8 Å². The van der Waals surface area contributed by atoms with Gasteiger partial charge in [0.1, 0.15) is 5.56 Å². The number of esters is 2. The predicted molar refractivity (Wildman–Crippen MR) is 152 cm³/mol. The van der Waals surface area contributed by atoms with E-state index in [4.69, 9.17) is 18.9 Å². The average Bonchev–Trinajstić information content (AvgIpc) is 2.93. The Morgan fingerprint density at radius 2 is 1.68 bits per heavy atom. The zero-order valence-corrected chi connectivity index (χ0v) is 23.8. The van der Waals surface area contributed by atoms with Crippen LogP contribution in [0.2, 0.25) is 0 Å². The van der Waals surface area contributed by atoms with Crippen LogP contribution in [0.4, 0.5) is 0 Å². The highest BCUT2D eigenvalue weighted by Gasteiger charge is 2.34. The highest BCUT2D eigenvalue weighted by molar-refractivity contribution is 5.90. The maximum Gasteiger partial charge on any atom is 0.343 e. The number of carbonyl (C=O) groups excluding carboxylic acids is 2. The molecule has 1 atom stereocenters. The first-order valence-electron chi connectivity index (χ1n) is 13.6. The first-order valence-corrected chi connectivity index (χ1v) is 13.6. The van der Waals surface area contributed by atoms with Crippen molar-refractivity contribution in [2.24, 2.45) is 5.41 Å². The van der Waals surface area contributed by atoms with Crippen LogP contribution in [0.25, 0.3) is 11.3 Å². The molecule has 1 unspecified atom stereocenters. The van der Waals surface area contributed by atoms with E-state index in [1.165, 1.54) is 6.07 Å². The molecule has 0 saturated carbocycles. The standard InChI is InChI=1S/C32H37NO7/c1-6-38-31(36)24-20-33-25(19-26(24)34)23-18-27(37-5)28(16-22(23)17-29(33)32(2,3)4)39-14-10-11-15-40-30(35)21-12-8-7-9-13-21/h7-9,12-13,16,18-20,29H,6,10-11,14-15,17H2,1-5H3. The summed E-state index contributed by atoms with van der Waals surface area (Å²) in [6.45, 7) is 9.07. The molecule has 4 rings (SSSR count). The lowest BCUT2D eigenvalue weighted by Gasteiger charge is -2.39. The maximum absolute atomic E-state index is 12.9. The molecule has 0 N–H and O–H groups in total. The van der Waals surface area contributed by atoms with Crippen LogP contribution in [0.15, 0.2) is 59.5 Å². The summed E-state index contributed by atoms with van der Waals surface area (Å²) < 4.78 is 24.2. The third kappa shape index (κ3) is 6.38. The van der Waals surface area contributed by atoms with E-state index >= 15 is 0 Å². The predicted octanol–water partition coefficient (Wildman–Crippen LogP) is 5.86. The van der Waals surface area contributed by atoms with Crippen LogP contribution >= 0.6 is 0 Å². The summed E-state index contributed by atoms with van der Waals surface area (Å²) in [6.07, 6.45) is 3.68. The van der Waals surface area contributed by atoms with Crippen LogP contribution in [0, 0.1) is 5.41 Å². The number of nitrogens with zero attached hydrogens (tertiary/aromatic N) is 1. The van der Waals surface area contributed by atoms with Gasteiger partial charge in [-0.1, -0.05) is 39.0 Å². The highest BCUT2D eigenvalue weighted by Crippen LogP contribution is 2.45. The number of hydrogen-bond acceptors (Lipinski definition) is 7. The Hall–Kier alpha value is -4.07. The Morgan fingerprint density at radius 3 is 2.35 bits per heavy atom. The number of fused-ring (bicyclic) bond motifs is 3. The summed E-state index contributed by atoms with van der Waals surface area (Å²) >= 11 is 0. The molecule has 8 heteroatoms. The minimum absolute atomic E-state index is 0.00989. The van der Waals surface area contributed by atoms with E-state index in [-0.39, 0.29) is 35.0 Å². The lowest BCUT2D eigenvalue weighted by atomic mass is 9.78. The number of rotatable bonds is 10. The second-order valence-electron chi connectivity index (χ2n) is 10.9. The largest absolute Gasteiger partial charge is 0.493 e. The molecule has 3 aromatic rings. The van der Waals surface area contributed by atoms with E-state index in [2.05, 4.69) is 20.8 Å². The van der Waals surface area contributed by atoms with Gasteiger partial charge in [0.25, 0.3) is 0 Å². The van der Waals surface area contributed by atoms with Crippen molar-refractivity contribution < 1.29 is 28.5 Å². The Morgan fingerprint density at radius 1 is 0.950 bits per heavy atom. The molecule has 8 nitrogen and oxygen atoms in total. The number of aromatic nitrogens is 1. The van der Waals surface area contributed by atoms with Crippen molar-refractivity contribution in [3.63, 3.8) is 0 Å². The second kappa shape index (κ2) is 12.4. The SMILES string of the molecule is CCOC(=O)c1cn2c(cc1=O)-c1cc(OC)c(OCCCCOC(=O)c3ccccc3)cc1CC2C(C)(C)C. The lowest BCUT2D eigenvalue weighted by molar-refractivity contribution is 0.0491. The van der Waals surface area contributed by atoms with Gasteiger partial charge < -0.3 is 23.5 Å². The molecule has 0 amide bonds. The van der Waals surface area contributed by atoms with Crippen LogP contribution in [-0.2, 0) is 15.9 Å². The van der Waals surface area contributed by atoms with Gasteiger partial charge in [-0.2, -0.15) is 0 Å². The van der Waals surface area contributed by atoms with Gasteiger partial charge in [-0.15, -0.1) is 0 Å². The molecule has 40 heavy (non-hydrogen) atoms. The molecule has 0 aliphatic carbocycles. The monoisotopic (exact) mass is 547 g/mol. The van der Waals surface area contributed by atoms with E-state index in [0.29, 0.717) is 49.5 Å². The van der Waals surface area contributed by atoms with Crippen LogP contribution in [0.3, 0.4) is 0 Å². The highest BCUT2D eigenvalue weighted by atomic mass is 16.5. The summed E-state index contributed by atoms with van der Waals surface area (Å²) in [5.74, 6) is 0.225. The third-order valence-corrected chi connectivity index (χ3v) is 7.03. The lowest BCUT2D eigenvalue weighted by Crippen LogP contribution is -2.33. The van der Waals surface area contributed by atoms with Gasteiger partial charge in [0.05, 0.1) is 38.2 Å². The van der Waals surface area contributed by atoms with Crippen molar-refractivity contribution >= 4 is 11.9 Å². The molecule has 1 aliphatic heterocycles. The smallest absolute Gasteiger partial charge is 0.343 e. The van der Waals surface area contributed by atoms with Crippen LogP contribution < -0.4 is 14.9 Å². The topological polar surface area (TPSA) is 93.1 Å². The molecule has 1 aliphatic rings. The minimum atomic E-state index is -0.614. The first-order chi connectivity index (χ1) is 19.1. The summed E-state index contributed by atoms with van der Waals surface area (Å²) in [4.78, 5) is 37.5. The zero-order valence-electron chi connectivity index (χ0n) is 23.8. The number of unbranched alkanes of at least 4 members (excludes halogenated alkanes) is 1. The molecule has 2 heterocycles. The fourth-order valence-electron chi connectivity index (χ4n) is 4.91. The summed E-state index contributed by atoms with van der Waals surface area (Å²) in [5, 5.41) is 0. The fourth-order valence-corrected chi connectivity index (χ4v) is 4.91. The molecule has 0 fully saturated rings. The maximum atomic E-state index is 12.9. The van der Waals surface area contributed by atoms with Crippen molar-refractivity contribution in [3.8, 4) is 22.8 Å². The van der Waals surface area contributed by atoms with Crippen molar-refractivity contribution in [2.45, 2.75) is 53.0 Å². The summed E-state index contributed by atoms with van der Waals surface area (Å²) in [5.41, 5.74) is 2.66. The quantitative estimate of drug-likeness (QED) is 0.232. The molecule has 1 aromatic heterocycles. The van der Waals surface area contributed by atoms with Crippen molar-refractivity contribution in [1.29, 1.82) is 0 Å². The van der Waals surface area contributed by atoms with E-state index in [9.17, 15) is 14.4 Å². The molecule has 2 aromatic carbocycles. The zero-order chi connectivity index (χ0) is 28.9. The van der Waals surface area contributed by atoms with E-state index in [1.54, 1.807) is 44.5 Å². The first kappa shape index (κ1) is 28.9. The van der Waals surface area contributed by atoms with Gasteiger partial charge in [0.15, 0.2) is 16.9 Å². The molecule has 212 valence electrons. The van der Waals surface area contributed by atoms with E-state index < -0.39 is 5.97 Å². The Kier molecular flexibility index (Phi) is 8.97. The van der Waals surface area contributed by atoms with Crippen LogP contribution in [0.1, 0.15) is 72.9 Å². The van der Waals surface area contributed by atoms with Gasteiger partial charge in [-0.25, -0.2) is 9.59 Å². The van der Waals surface area contributed by atoms with Gasteiger partial charge in [-0.05, 0) is 61.4 Å². The van der Waals surface area contributed by atoms with Crippen molar-refractivity contribution in [1.82, 2.24) is 4.57 Å². The third-order valence-electron chi connectivity index (χ3n) is 7.03. The number of hydrogen-bond donors (Lipinski definition) is 0. The van der Waals surface area contributed by atoms with Gasteiger partial charge in [-0.3, -0.25) is 4.79 Å². The fraction of sp³-hybridized carbons (Fsp3) is 0.406. The summed E-state index contributed by atoms with van der Waals surface area (Å²) in [7, 11) is 1.58. The van der Waals surface area contributed by atoms with Crippen molar-refractivity contribution in [2.75, 3.05) is 26.9 Å². The van der Waals surface area contributed by atoms with Gasteiger partial charge >= 0.3 is 11.9 Å². The molecule has 0 saturated heterocycles. The number of carbonyl (C=O) groups is 2. The second-order valence-corrected chi connectivity index (χ2v) is 10.9. The Balaban J connectivity index is 1.51. The van der Waals surface area contributed by atoms with Gasteiger partial charge in [0, 0.05) is 23.9 Å². The number of benzene rings is 2. The van der Waals surface area contributed by atoms with Crippen molar-refractivity contribution in [3.05, 3.63) is 81.6 Å². The summed E-state index contributed by atoms with van der Waals surface area (Å²) in [6, 6.07) is 14.3. The molecule has 0 spiro atoms. The van der Waals surface area contributed by atoms with Crippen LogP contribution in [0.5, 0.6) is 11.5 Å². The van der Waals surface area contributed by atoms with Crippen LogP contribution in [-0.4, -0.2) is 43.4 Å². The normalized spacial score (nSPS) is 14.1.